The number of ether oxygens (including phenoxy) is 2. The van der Waals surface area contributed by atoms with Gasteiger partial charge in [-0.05, 0) is 36.4 Å². The highest BCUT2D eigenvalue weighted by atomic mass is 32.2. The van der Waals surface area contributed by atoms with Gasteiger partial charge in [-0.1, -0.05) is 0 Å². The topological polar surface area (TPSA) is 127 Å². The number of anilines is 2. The summed E-state index contributed by atoms with van der Waals surface area (Å²) in [6.45, 7) is 0.568. The first-order valence-corrected chi connectivity index (χ1v) is 13.1. The standard InChI is InChI=1S/C25H22F3N5O4S/c1-36-7-8-37-22-6-4-15(30-21(22)13-29)10-16-11-18(24-19(31-16)12-20(33-24)25(27)28)32-17-5-3-14(26)9-23(17)38(2,34)35/h3-6,9,11,25H,7-8,10,12H2,1-2H3,(H,31,32). The lowest BCUT2D eigenvalue weighted by atomic mass is 10.1. The number of hydrogen-bond donors (Lipinski definition) is 1. The van der Waals surface area contributed by atoms with Gasteiger partial charge in [-0.25, -0.2) is 31.6 Å². The minimum absolute atomic E-state index is 0.0522. The van der Waals surface area contributed by atoms with E-state index in [9.17, 15) is 26.9 Å². The minimum Gasteiger partial charge on any atom is -0.488 e. The lowest BCUT2D eigenvalue weighted by molar-refractivity contribution is 0.146. The number of nitrogens with one attached hydrogen (secondary N) is 1. The molecule has 198 valence electrons. The van der Waals surface area contributed by atoms with Gasteiger partial charge in [0.2, 0.25) is 0 Å². The first-order valence-electron chi connectivity index (χ1n) is 11.3. The summed E-state index contributed by atoms with van der Waals surface area (Å²) in [4.78, 5) is 12.5. The summed E-state index contributed by atoms with van der Waals surface area (Å²) in [6, 6.07) is 9.95. The molecule has 1 N–H and O–H groups in total. The predicted molar refractivity (Wildman–Crippen MR) is 133 cm³/mol. The summed E-state index contributed by atoms with van der Waals surface area (Å²) >= 11 is 0. The Bertz CT molecular complexity index is 1560. The number of nitrogens with zero attached hydrogens (tertiary/aromatic N) is 4. The second-order valence-electron chi connectivity index (χ2n) is 8.35. The average molecular weight is 546 g/mol. The second-order valence-corrected chi connectivity index (χ2v) is 10.3. The molecule has 38 heavy (non-hydrogen) atoms. The molecule has 1 aliphatic rings. The van der Waals surface area contributed by atoms with Crippen LogP contribution in [0.2, 0.25) is 0 Å². The van der Waals surface area contributed by atoms with E-state index in [0.29, 0.717) is 18.0 Å². The Kier molecular flexibility index (Phi) is 7.94. The van der Waals surface area contributed by atoms with Crippen LogP contribution in [0.4, 0.5) is 30.2 Å². The molecule has 0 atom stereocenters. The van der Waals surface area contributed by atoms with Gasteiger partial charge in [0.05, 0.1) is 34.3 Å². The SMILES string of the molecule is COCCOc1ccc(Cc2cc(Nc3ccc(F)cc3S(C)(=O)=O)c3c(n2)CC(C(F)F)=N3)nc1C#N. The number of sulfone groups is 1. The van der Waals surface area contributed by atoms with Crippen LogP contribution in [0.3, 0.4) is 0 Å². The maximum absolute atomic E-state index is 13.8. The number of pyridine rings is 2. The Labute approximate surface area is 216 Å². The van der Waals surface area contributed by atoms with Crippen LogP contribution in [-0.2, 0) is 27.4 Å². The molecule has 0 bridgehead atoms. The quantitative estimate of drug-likeness (QED) is 0.377. The molecule has 0 saturated carbocycles. The van der Waals surface area contributed by atoms with Gasteiger partial charge < -0.3 is 14.8 Å². The number of fused-ring (bicyclic) bond motifs is 1. The predicted octanol–water partition coefficient (Wildman–Crippen LogP) is 4.14. The van der Waals surface area contributed by atoms with Crippen molar-refractivity contribution in [3.05, 3.63) is 65.0 Å². The molecule has 0 fully saturated rings. The van der Waals surface area contributed by atoms with Gasteiger partial charge in [-0.15, -0.1) is 0 Å². The molecular weight excluding hydrogens is 523 g/mol. The highest BCUT2D eigenvalue weighted by Crippen LogP contribution is 2.38. The maximum Gasteiger partial charge on any atom is 0.277 e. The van der Waals surface area contributed by atoms with Crippen molar-refractivity contribution in [2.75, 3.05) is 31.9 Å². The van der Waals surface area contributed by atoms with Crippen molar-refractivity contribution in [2.24, 2.45) is 4.99 Å². The van der Waals surface area contributed by atoms with Crippen molar-refractivity contribution in [2.45, 2.75) is 24.2 Å². The summed E-state index contributed by atoms with van der Waals surface area (Å²) < 4.78 is 75.6. The summed E-state index contributed by atoms with van der Waals surface area (Å²) in [6.07, 6.45) is -1.94. The minimum atomic E-state index is -3.83. The average Bonchev–Trinajstić information content (AvgIpc) is 3.30. The van der Waals surface area contributed by atoms with Crippen molar-refractivity contribution < 1.29 is 31.1 Å². The number of nitriles is 1. The van der Waals surface area contributed by atoms with Crippen LogP contribution >= 0.6 is 0 Å². The number of aliphatic imine (C=N–C) groups is 1. The van der Waals surface area contributed by atoms with Crippen molar-refractivity contribution in [1.82, 2.24) is 9.97 Å². The van der Waals surface area contributed by atoms with Gasteiger partial charge in [0.1, 0.15) is 24.2 Å². The first-order chi connectivity index (χ1) is 18.1. The van der Waals surface area contributed by atoms with Crippen molar-refractivity contribution >= 4 is 32.6 Å². The van der Waals surface area contributed by atoms with Gasteiger partial charge in [0.25, 0.3) is 6.43 Å². The van der Waals surface area contributed by atoms with Crippen molar-refractivity contribution in [3.63, 3.8) is 0 Å². The van der Waals surface area contributed by atoms with Crippen LogP contribution in [0, 0.1) is 17.1 Å². The number of benzene rings is 1. The Morgan fingerprint density at radius 3 is 2.58 bits per heavy atom. The molecule has 0 saturated heterocycles. The normalized spacial score (nSPS) is 12.7. The molecule has 1 aliphatic heterocycles. The van der Waals surface area contributed by atoms with E-state index in [2.05, 4.69) is 20.3 Å². The number of alkyl halides is 2. The second kappa shape index (κ2) is 11.2. The molecule has 13 heteroatoms. The molecule has 0 amide bonds. The third-order valence-electron chi connectivity index (χ3n) is 5.52. The van der Waals surface area contributed by atoms with E-state index >= 15 is 0 Å². The lowest BCUT2D eigenvalue weighted by Gasteiger charge is -2.15. The Morgan fingerprint density at radius 2 is 1.89 bits per heavy atom. The highest BCUT2D eigenvalue weighted by Gasteiger charge is 2.27. The van der Waals surface area contributed by atoms with Crippen LogP contribution in [-0.4, -0.2) is 57.1 Å². The van der Waals surface area contributed by atoms with Gasteiger partial charge >= 0.3 is 0 Å². The third-order valence-corrected chi connectivity index (χ3v) is 6.65. The molecular formula is C25H22F3N5O4S. The van der Waals surface area contributed by atoms with E-state index in [0.717, 1.165) is 18.4 Å². The van der Waals surface area contributed by atoms with Crippen LogP contribution in [0.25, 0.3) is 0 Å². The molecule has 9 nitrogen and oxygen atoms in total. The fourth-order valence-electron chi connectivity index (χ4n) is 3.82. The van der Waals surface area contributed by atoms with E-state index < -0.39 is 22.1 Å². The highest BCUT2D eigenvalue weighted by molar-refractivity contribution is 7.90. The Hall–Kier alpha value is -4.02. The van der Waals surface area contributed by atoms with E-state index in [-0.39, 0.29) is 64.3 Å². The molecule has 0 aliphatic carbocycles. The number of methoxy groups -OCH3 is 1. The molecule has 3 heterocycles. The number of hydrogen-bond acceptors (Lipinski definition) is 9. The van der Waals surface area contributed by atoms with Gasteiger partial charge in [0, 0.05) is 37.6 Å². The van der Waals surface area contributed by atoms with Crippen LogP contribution in [0.5, 0.6) is 5.75 Å². The molecule has 3 aromatic rings. The summed E-state index contributed by atoms with van der Waals surface area (Å²) in [5, 5.41) is 12.4. The summed E-state index contributed by atoms with van der Waals surface area (Å²) in [7, 11) is -2.30. The zero-order chi connectivity index (χ0) is 27.4. The lowest BCUT2D eigenvalue weighted by Crippen LogP contribution is -2.10. The van der Waals surface area contributed by atoms with Gasteiger partial charge in [-0.2, -0.15) is 5.26 Å². The Morgan fingerprint density at radius 1 is 1.11 bits per heavy atom. The zero-order valence-electron chi connectivity index (χ0n) is 20.3. The molecule has 1 aromatic carbocycles. The number of aromatic nitrogens is 2. The summed E-state index contributed by atoms with van der Waals surface area (Å²) in [5.74, 6) is -0.458. The molecule has 0 radical (unpaired) electrons. The van der Waals surface area contributed by atoms with Crippen LogP contribution in [0.15, 0.2) is 46.3 Å². The number of halogens is 3. The maximum atomic E-state index is 13.8. The third kappa shape index (κ3) is 6.09. The smallest absolute Gasteiger partial charge is 0.277 e. The first kappa shape index (κ1) is 27.0. The molecule has 0 unspecified atom stereocenters. The van der Waals surface area contributed by atoms with Gasteiger partial charge in [-0.3, -0.25) is 4.98 Å². The van der Waals surface area contributed by atoms with Crippen molar-refractivity contribution in [3.8, 4) is 11.8 Å². The van der Waals surface area contributed by atoms with Crippen LogP contribution < -0.4 is 10.1 Å². The van der Waals surface area contributed by atoms with Crippen molar-refractivity contribution in [1.29, 1.82) is 5.26 Å². The van der Waals surface area contributed by atoms with E-state index in [4.69, 9.17) is 9.47 Å². The van der Waals surface area contributed by atoms with E-state index in [1.54, 1.807) is 12.1 Å². The number of rotatable bonds is 10. The fourth-order valence-corrected chi connectivity index (χ4v) is 4.66. The monoisotopic (exact) mass is 545 g/mol. The molecule has 2 aromatic heterocycles. The van der Waals surface area contributed by atoms with E-state index in [1.807, 2.05) is 6.07 Å². The fraction of sp³-hybridized carbons (Fsp3) is 0.280. The molecule has 0 spiro atoms. The zero-order valence-corrected chi connectivity index (χ0v) is 21.2. The summed E-state index contributed by atoms with van der Waals surface area (Å²) in [5.41, 5.74) is 1.23. The largest absolute Gasteiger partial charge is 0.488 e. The Balaban J connectivity index is 1.71. The van der Waals surface area contributed by atoms with E-state index in [1.165, 1.54) is 19.2 Å². The van der Waals surface area contributed by atoms with Crippen LogP contribution in [0.1, 0.15) is 22.8 Å². The molecule has 4 rings (SSSR count). The van der Waals surface area contributed by atoms with Gasteiger partial charge in [0.15, 0.2) is 21.3 Å².